The molecule has 24 heavy (non-hydrogen) atoms. The van der Waals surface area contributed by atoms with Gasteiger partial charge in [0.15, 0.2) is 0 Å². The zero-order valence-electron chi connectivity index (χ0n) is 14.7. The Hall–Kier alpha value is -1.37. The number of hydrogen-bond acceptors (Lipinski definition) is 3. The first-order valence-corrected chi connectivity index (χ1v) is 10.3. The lowest BCUT2D eigenvalue weighted by molar-refractivity contribution is 0.198. The Labute approximate surface area is 144 Å². The minimum Gasteiger partial charge on any atom is -0.357 e. The second-order valence-electron chi connectivity index (χ2n) is 6.91. The van der Waals surface area contributed by atoms with Crippen LogP contribution in [0.5, 0.6) is 0 Å². The molecule has 1 fully saturated rings. The molecule has 0 aliphatic carbocycles. The number of benzene rings is 1. The fourth-order valence-electron chi connectivity index (χ4n) is 3.53. The van der Waals surface area contributed by atoms with Crippen molar-refractivity contribution < 1.29 is 8.42 Å². The number of aromatic nitrogens is 1. The van der Waals surface area contributed by atoms with Crippen LogP contribution < -0.4 is 4.72 Å². The second-order valence-corrected chi connectivity index (χ2v) is 8.95. The summed E-state index contributed by atoms with van der Waals surface area (Å²) in [7, 11) is -3.10. The number of hydrogen-bond donors (Lipinski definition) is 2. The molecule has 1 aromatic carbocycles. The zero-order valence-corrected chi connectivity index (χ0v) is 15.5. The van der Waals surface area contributed by atoms with Crippen molar-refractivity contribution in [3.8, 4) is 0 Å². The molecule has 1 aliphatic rings. The van der Waals surface area contributed by atoms with Gasteiger partial charge in [-0.2, -0.15) is 0 Å². The van der Waals surface area contributed by atoms with E-state index in [4.69, 9.17) is 0 Å². The van der Waals surface area contributed by atoms with Crippen molar-refractivity contribution in [2.75, 3.05) is 18.8 Å². The van der Waals surface area contributed by atoms with E-state index in [0.717, 1.165) is 32.5 Å². The number of piperidine rings is 1. The number of aromatic amines is 1. The lowest BCUT2D eigenvalue weighted by Gasteiger charge is -2.31. The Morgan fingerprint density at radius 2 is 1.92 bits per heavy atom. The standard InChI is InChI=1S/C18H27N3O2S/c1-4-24(22,23)20-15-5-7-21(8-6-15)12-16-11-17-14(3)9-13(2)10-18(17)19-16/h9-11,15,19-20H,4-8,12H2,1-3H3. The van der Waals surface area contributed by atoms with Gasteiger partial charge in [0.05, 0.1) is 5.75 Å². The minimum absolute atomic E-state index is 0.0822. The number of fused-ring (bicyclic) bond motifs is 1. The number of nitrogens with one attached hydrogen (secondary N) is 2. The van der Waals surface area contributed by atoms with E-state index >= 15 is 0 Å². The normalized spacial score (nSPS) is 17.6. The van der Waals surface area contributed by atoms with E-state index in [1.54, 1.807) is 6.92 Å². The van der Waals surface area contributed by atoms with Gasteiger partial charge < -0.3 is 4.98 Å². The van der Waals surface area contributed by atoms with Crippen LogP contribution in [0.3, 0.4) is 0 Å². The van der Waals surface area contributed by atoms with E-state index in [1.165, 1.54) is 27.7 Å². The molecule has 3 rings (SSSR count). The number of H-pyrrole nitrogens is 1. The summed E-state index contributed by atoms with van der Waals surface area (Å²) in [6, 6.07) is 6.73. The molecule has 1 aliphatic heterocycles. The zero-order chi connectivity index (χ0) is 17.3. The number of sulfonamides is 1. The molecular weight excluding hydrogens is 322 g/mol. The predicted molar refractivity (Wildman–Crippen MR) is 98.7 cm³/mol. The number of rotatable bonds is 5. The molecule has 2 aromatic rings. The molecule has 5 nitrogen and oxygen atoms in total. The van der Waals surface area contributed by atoms with Crippen LogP contribution in [0.2, 0.25) is 0 Å². The summed E-state index contributed by atoms with van der Waals surface area (Å²) in [5.41, 5.74) is 5.01. The molecule has 2 heterocycles. The highest BCUT2D eigenvalue weighted by Gasteiger charge is 2.23. The van der Waals surface area contributed by atoms with Crippen molar-refractivity contribution in [1.29, 1.82) is 0 Å². The Bertz CT molecular complexity index is 818. The number of nitrogens with zero attached hydrogens (tertiary/aromatic N) is 1. The van der Waals surface area contributed by atoms with Crippen LogP contribution in [0.1, 0.15) is 36.6 Å². The van der Waals surface area contributed by atoms with Gasteiger partial charge in [0.1, 0.15) is 0 Å². The highest BCUT2D eigenvalue weighted by molar-refractivity contribution is 7.89. The quantitative estimate of drug-likeness (QED) is 0.872. The molecule has 0 radical (unpaired) electrons. The van der Waals surface area contributed by atoms with Gasteiger partial charge in [-0.25, -0.2) is 13.1 Å². The maximum Gasteiger partial charge on any atom is 0.211 e. The molecule has 1 saturated heterocycles. The third-order valence-corrected chi connectivity index (χ3v) is 6.31. The van der Waals surface area contributed by atoms with Crippen molar-refractivity contribution in [2.24, 2.45) is 0 Å². The molecule has 0 atom stereocenters. The smallest absolute Gasteiger partial charge is 0.211 e. The molecule has 0 bridgehead atoms. The average molecular weight is 350 g/mol. The van der Waals surface area contributed by atoms with Gasteiger partial charge in [0.25, 0.3) is 0 Å². The van der Waals surface area contributed by atoms with Crippen LogP contribution in [0, 0.1) is 13.8 Å². The van der Waals surface area contributed by atoms with E-state index in [1.807, 2.05) is 0 Å². The molecule has 0 amide bonds. The van der Waals surface area contributed by atoms with E-state index in [0.29, 0.717) is 0 Å². The molecule has 0 spiro atoms. The summed E-state index contributed by atoms with van der Waals surface area (Å²) >= 11 is 0. The molecule has 132 valence electrons. The lowest BCUT2D eigenvalue weighted by Crippen LogP contribution is -2.44. The first kappa shape index (κ1) is 17.5. The lowest BCUT2D eigenvalue weighted by atomic mass is 10.1. The van der Waals surface area contributed by atoms with Crippen molar-refractivity contribution in [3.63, 3.8) is 0 Å². The van der Waals surface area contributed by atoms with Gasteiger partial charge in [-0.1, -0.05) is 6.07 Å². The van der Waals surface area contributed by atoms with E-state index in [2.05, 4.69) is 46.7 Å². The van der Waals surface area contributed by atoms with Gasteiger partial charge in [0.2, 0.25) is 10.0 Å². The van der Waals surface area contributed by atoms with E-state index in [9.17, 15) is 8.42 Å². The van der Waals surface area contributed by atoms with Gasteiger partial charge in [0, 0.05) is 42.3 Å². The van der Waals surface area contributed by atoms with Crippen molar-refractivity contribution in [1.82, 2.24) is 14.6 Å². The summed E-state index contributed by atoms with van der Waals surface area (Å²) in [6.07, 6.45) is 1.75. The second kappa shape index (κ2) is 6.86. The van der Waals surface area contributed by atoms with Crippen LogP contribution in [0.4, 0.5) is 0 Å². The van der Waals surface area contributed by atoms with E-state index < -0.39 is 10.0 Å². The highest BCUT2D eigenvalue weighted by atomic mass is 32.2. The Morgan fingerprint density at radius 1 is 1.21 bits per heavy atom. The predicted octanol–water partition coefficient (Wildman–Crippen LogP) is 2.69. The average Bonchev–Trinajstić information content (AvgIpc) is 2.92. The third-order valence-electron chi connectivity index (χ3n) is 4.85. The van der Waals surface area contributed by atoms with Crippen molar-refractivity contribution >= 4 is 20.9 Å². The van der Waals surface area contributed by atoms with Gasteiger partial charge in [-0.15, -0.1) is 0 Å². The maximum absolute atomic E-state index is 11.7. The molecule has 0 saturated carbocycles. The Kier molecular flexibility index (Phi) is 4.99. The summed E-state index contributed by atoms with van der Waals surface area (Å²) in [4.78, 5) is 5.92. The highest BCUT2D eigenvalue weighted by Crippen LogP contribution is 2.23. The first-order valence-electron chi connectivity index (χ1n) is 8.67. The molecule has 2 N–H and O–H groups in total. The molecule has 0 unspecified atom stereocenters. The number of likely N-dealkylation sites (tertiary alicyclic amines) is 1. The van der Waals surface area contributed by atoms with Crippen LogP contribution in [-0.4, -0.2) is 43.2 Å². The van der Waals surface area contributed by atoms with Crippen LogP contribution in [0.15, 0.2) is 18.2 Å². The molecular formula is C18H27N3O2S. The van der Waals surface area contributed by atoms with Crippen LogP contribution >= 0.6 is 0 Å². The van der Waals surface area contributed by atoms with Crippen molar-refractivity contribution in [3.05, 3.63) is 35.0 Å². The SMILES string of the molecule is CCS(=O)(=O)NC1CCN(Cc2cc3c(C)cc(C)cc3[nH]2)CC1. The van der Waals surface area contributed by atoms with Gasteiger partial charge >= 0.3 is 0 Å². The largest absolute Gasteiger partial charge is 0.357 e. The third kappa shape index (κ3) is 3.99. The minimum atomic E-state index is -3.10. The fraction of sp³-hybridized carbons (Fsp3) is 0.556. The molecule has 1 aromatic heterocycles. The number of aryl methyl sites for hydroxylation is 2. The summed E-state index contributed by atoms with van der Waals surface area (Å²) in [5, 5.41) is 1.29. The summed E-state index contributed by atoms with van der Waals surface area (Å²) < 4.78 is 26.1. The Morgan fingerprint density at radius 3 is 2.58 bits per heavy atom. The monoisotopic (exact) mass is 349 g/mol. The fourth-order valence-corrected chi connectivity index (χ4v) is 4.44. The first-order chi connectivity index (χ1) is 11.4. The van der Waals surface area contributed by atoms with Crippen molar-refractivity contribution in [2.45, 2.75) is 46.2 Å². The topological polar surface area (TPSA) is 65.2 Å². The Balaban J connectivity index is 1.61. The maximum atomic E-state index is 11.7. The van der Waals surface area contributed by atoms with Gasteiger partial charge in [-0.3, -0.25) is 4.90 Å². The summed E-state index contributed by atoms with van der Waals surface area (Å²) in [6.45, 7) is 8.68. The van der Waals surface area contributed by atoms with Gasteiger partial charge in [-0.05, 0) is 56.9 Å². The van der Waals surface area contributed by atoms with Crippen LogP contribution in [0.25, 0.3) is 10.9 Å². The van der Waals surface area contributed by atoms with Crippen LogP contribution in [-0.2, 0) is 16.6 Å². The summed E-state index contributed by atoms with van der Waals surface area (Å²) in [5.74, 6) is 0.154. The molecule has 6 heteroatoms. The van der Waals surface area contributed by atoms with E-state index in [-0.39, 0.29) is 11.8 Å².